The quantitative estimate of drug-likeness (QED) is 0.287. The largest absolute Gasteiger partial charge is 0.490 e. The lowest BCUT2D eigenvalue weighted by molar-refractivity contribution is -0.115. The number of carbonyl (C=O) groups excluding carboxylic acids is 1. The van der Waals surface area contributed by atoms with Gasteiger partial charge in [-0.1, -0.05) is 56.0 Å². The molecule has 1 heterocycles. The summed E-state index contributed by atoms with van der Waals surface area (Å²) < 4.78 is 17.9. The third-order valence-electron chi connectivity index (χ3n) is 4.88. The first-order chi connectivity index (χ1) is 15.0. The summed E-state index contributed by atoms with van der Waals surface area (Å²) in [6.45, 7) is 7.65. The van der Waals surface area contributed by atoms with Gasteiger partial charge in [-0.05, 0) is 60.7 Å². The number of thioether (sulfide) groups is 1. The van der Waals surface area contributed by atoms with E-state index in [2.05, 4.69) is 31.3 Å². The van der Waals surface area contributed by atoms with E-state index in [9.17, 15) is 4.79 Å². The predicted molar refractivity (Wildman–Crippen MR) is 130 cm³/mol. The normalized spacial score (nSPS) is 15.6. The van der Waals surface area contributed by atoms with Gasteiger partial charge in [-0.15, -0.1) is 0 Å². The van der Waals surface area contributed by atoms with Crippen molar-refractivity contribution in [2.45, 2.75) is 33.1 Å². The van der Waals surface area contributed by atoms with Crippen molar-refractivity contribution in [1.29, 1.82) is 0 Å². The van der Waals surface area contributed by atoms with Gasteiger partial charge in [0.2, 0.25) is 0 Å². The molecule has 2 aromatic rings. The summed E-state index contributed by atoms with van der Waals surface area (Å²) in [5, 5.41) is 2.61. The molecular weight excluding hydrogens is 430 g/mol. The molecule has 3 rings (SSSR count). The van der Waals surface area contributed by atoms with Gasteiger partial charge in [0.25, 0.3) is 5.91 Å². The fraction of sp³-hybridized carbons (Fsp3) is 0.333. The number of amides is 1. The number of nitrogens with one attached hydrogen (secondary N) is 1. The highest BCUT2D eigenvalue weighted by Crippen LogP contribution is 2.32. The monoisotopic (exact) mass is 457 g/mol. The Hall–Kier alpha value is -2.51. The molecule has 1 fully saturated rings. The molecule has 1 aliphatic heterocycles. The average molecular weight is 458 g/mol. The molecule has 7 heteroatoms. The van der Waals surface area contributed by atoms with Crippen molar-refractivity contribution in [1.82, 2.24) is 5.32 Å². The number of carbonyl (C=O) groups is 1. The number of ether oxygens (including phenoxy) is 3. The smallest absolute Gasteiger partial charge is 0.263 e. The van der Waals surface area contributed by atoms with E-state index >= 15 is 0 Å². The van der Waals surface area contributed by atoms with Crippen LogP contribution in [0, 0.1) is 0 Å². The van der Waals surface area contributed by atoms with Crippen molar-refractivity contribution in [3.63, 3.8) is 0 Å². The summed E-state index contributed by atoms with van der Waals surface area (Å²) in [7, 11) is 0. The maximum absolute atomic E-state index is 11.9. The van der Waals surface area contributed by atoms with Crippen molar-refractivity contribution in [2.24, 2.45) is 0 Å². The van der Waals surface area contributed by atoms with Crippen LogP contribution in [0.25, 0.3) is 6.08 Å². The Labute approximate surface area is 193 Å². The van der Waals surface area contributed by atoms with Gasteiger partial charge < -0.3 is 19.5 Å². The van der Waals surface area contributed by atoms with Crippen molar-refractivity contribution in [3.8, 4) is 17.2 Å². The van der Waals surface area contributed by atoms with Crippen molar-refractivity contribution < 1.29 is 19.0 Å². The van der Waals surface area contributed by atoms with Crippen molar-refractivity contribution in [2.75, 3.05) is 19.8 Å². The maximum Gasteiger partial charge on any atom is 0.263 e. The highest BCUT2D eigenvalue weighted by Gasteiger charge is 2.22. The molecular formula is C24H27NO4S2. The highest BCUT2D eigenvalue weighted by molar-refractivity contribution is 8.26. The van der Waals surface area contributed by atoms with Gasteiger partial charge in [0.15, 0.2) is 11.5 Å². The first-order valence-electron chi connectivity index (χ1n) is 10.4. The second kappa shape index (κ2) is 11.2. The van der Waals surface area contributed by atoms with Gasteiger partial charge in [0.1, 0.15) is 23.3 Å². The zero-order chi connectivity index (χ0) is 22.2. The molecule has 31 heavy (non-hydrogen) atoms. The van der Waals surface area contributed by atoms with Gasteiger partial charge in [0, 0.05) is 0 Å². The van der Waals surface area contributed by atoms with Crippen molar-refractivity contribution >= 4 is 40.3 Å². The van der Waals surface area contributed by atoms with Crippen LogP contribution < -0.4 is 19.5 Å². The van der Waals surface area contributed by atoms with E-state index in [0.717, 1.165) is 17.7 Å². The number of rotatable bonds is 10. The molecule has 0 radical (unpaired) electrons. The summed E-state index contributed by atoms with van der Waals surface area (Å²) in [6, 6.07) is 13.8. The molecule has 0 saturated carbocycles. The van der Waals surface area contributed by atoms with E-state index in [-0.39, 0.29) is 5.91 Å². The van der Waals surface area contributed by atoms with Crippen LogP contribution >= 0.6 is 24.0 Å². The van der Waals surface area contributed by atoms with E-state index in [1.165, 1.54) is 17.3 Å². The van der Waals surface area contributed by atoms with Crippen LogP contribution in [-0.2, 0) is 4.79 Å². The van der Waals surface area contributed by atoms with Crippen LogP contribution in [0.15, 0.2) is 47.4 Å². The van der Waals surface area contributed by atoms with Crippen LogP contribution in [0.4, 0.5) is 0 Å². The molecule has 5 nitrogen and oxygen atoms in total. The first-order valence-corrected chi connectivity index (χ1v) is 11.6. The second-order valence-corrected chi connectivity index (χ2v) is 8.79. The molecule has 1 aliphatic rings. The van der Waals surface area contributed by atoms with Gasteiger partial charge >= 0.3 is 0 Å². The van der Waals surface area contributed by atoms with Crippen LogP contribution in [-0.4, -0.2) is 30.0 Å². The Balaban J connectivity index is 1.57. The zero-order valence-corrected chi connectivity index (χ0v) is 19.6. The van der Waals surface area contributed by atoms with Gasteiger partial charge in [-0.2, -0.15) is 0 Å². The summed E-state index contributed by atoms with van der Waals surface area (Å²) in [4.78, 5) is 12.4. The third kappa shape index (κ3) is 6.48. The predicted octanol–water partition coefficient (Wildman–Crippen LogP) is 5.55. The molecule has 1 saturated heterocycles. The second-order valence-electron chi connectivity index (χ2n) is 7.07. The lowest BCUT2D eigenvalue weighted by Gasteiger charge is -2.14. The van der Waals surface area contributed by atoms with Crippen LogP contribution in [0.5, 0.6) is 17.2 Å². The Kier molecular flexibility index (Phi) is 8.37. The SMILES string of the molecule is CCOc1cc(/C=C2\SC(=S)NC2=O)ccc1OCCOc1ccc([C@H](C)CC)cc1. The molecule has 0 unspecified atom stereocenters. The number of hydrogen-bond acceptors (Lipinski definition) is 6. The Morgan fingerprint density at radius 3 is 2.42 bits per heavy atom. The molecule has 1 N–H and O–H groups in total. The van der Waals surface area contributed by atoms with Gasteiger partial charge in [-0.3, -0.25) is 4.79 Å². The minimum atomic E-state index is -0.178. The van der Waals surface area contributed by atoms with E-state index in [1.54, 1.807) is 6.08 Å². The Bertz CT molecular complexity index is 957. The number of hydrogen-bond donors (Lipinski definition) is 1. The zero-order valence-electron chi connectivity index (χ0n) is 18.0. The molecule has 0 bridgehead atoms. The lowest BCUT2D eigenvalue weighted by atomic mass is 9.99. The maximum atomic E-state index is 11.9. The lowest BCUT2D eigenvalue weighted by Crippen LogP contribution is -2.17. The van der Waals surface area contributed by atoms with Crippen LogP contribution in [0.1, 0.15) is 44.2 Å². The molecule has 1 atom stereocenters. The molecule has 0 spiro atoms. The van der Waals surface area contributed by atoms with Crippen molar-refractivity contribution in [3.05, 3.63) is 58.5 Å². The summed E-state index contributed by atoms with van der Waals surface area (Å²) in [6.07, 6.45) is 2.91. The van der Waals surface area contributed by atoms with Gasteiger partial charge in [-0.25, -0.2) is 0 Å². The topological polar surface area (TPSA) is 56.8 Å². The van der Waals surface area contributed by atoms with E-state index in [4.69, 9.17) is 26.4 Å². The molecule has 0 aromatic heterocycles. The summed E-state index contributed by atoms with van der Waals surface area (Å²) in [5.41, 5.74) is 2.16. The molecule has 164 valence electrons. The number of benzene rings is 2. The molecule has 0 aliphatic carbocycles. The third-order valence-corrected chi connectivity index (χ3v) is 6.04. The molecule has 1 amide bonds. The Morgan fingerprint density at radius 2 is 1.77 bits per heavy atom. The van der Waals surface area contributed by atoms with Gasteiger partial charge in [0.05, 0.1) is 11.5 Å². The first kappa shape index (κ1) is 23.2. The minimum absolute atomic E-state index is 0.178. The van der Waals surface area contributed by atoms with E-state index < -0.39 is 0 Å². The summed E-state index contributed by atoms with van der Waals surface area (Å²) >= 11 is 6.28. The fourth-order valence-corrected chi connectivity index (χ4v) is 4.06. The Morgan fingerprint density at radius 1 is 1.03 bits per heavy atom. The minimum Gasteiger partial charge on any atom is -0.490 e. The number of thiocarbonyl (C=S) groups is 1. The molecule has 2 aromatic carbocycles. The average Bonchev–Trinajstić information content (AvgIpc) is 3.09. The standard InChI is InChI=1S/C24H27NO4S2/c1-4-16(3)18-7-9-19(10-8-18)28-12-13-29-20-11-6-17(14-21(20)27-5-2)15-22-23(26)25-24(30)31-22/h6-11,14-16H,4-5,12-13H2,1-3H3,(H,25,26,30)/b22-15-/t16-/m1/s1. The highest BCUT2D eigenvalue weighted by atomic mass is 32.2. The van der Waals surface area contributed by atoms with Crippen LogP contribution in [0.2, 0.25) is 0 Å². The summed E-state index contributed by atoms with van der Waals surface area (Å²) in [5.74, 6) is 2.46. The van der Waals surface area contributed by atoms with E-state index in [0.29, 0.717) is 46.5 Å². The van der Waals surface area contributed by atoms with E-state index in [1.807, 2.05) is 37.3 Å². The van der Waals surface area contributed by atoms with Crippen LogP contribution in [0.3, 0.4) is 0 Å². The fourth-order valence-electron chi connectivity index (χ4n) is 3.01.